The first-order chi connectivity index (χ1) is 4.74. The van der Waals surface area contributed by atoms with E-state index in [2.05, 4.69) is 20.8 Å². The Kier molecular flexibility index (Phi) is 9.66. The SMILES string of the molecule is C[CH-]O[Si](CC)(CC)CC.[Li+]. The summed E-state index contributed by atoms with van der Waals surface area (Å²) in [5, 5.41) is 0. The van der Waals surface area contributed by atoms with Crippen LogP contribution in [0.4, 0.5) is 0 Å². The molecular weight excluding hydrogens is 147 g/mol. The molecule has 0 heterocycles. The average Bonchev–Trinajstić information content (AvgIpc) is 2.01. The monoisotopic (exact) mass is 166 g/mol. The third-order valence-corrected chi connectivity index (χ3v) is 6.90. The fraction of sp³-hybridized carbons (Fsp3) is 0.875. The van der Waals surface area contributed by atoms with Gasteiger partial charge in [-0.05, 0) is 18.1 Å². The van der Waals surface area contributed by atoms with Crippen molar-refractivity contribution < 1.29 is 23.3 Å². The van der Waals surface area contributed by atoms with Crippen molar-refractivity contribution >= 4 is 8.32 Å². The van der Waals surface area contributed by atoms with Crippen molar-refractivity contribution in [3.63, 3.8) is 0 Å². The largest absolute Gasteiger partial charge is 1.00 e. The summed E-state index contributed by atoms with van der Waals surface area (Å²) < 4.78 is 5.69. The second-order valence-corrected chi connectivity index (χ2v) is 7.32. The van der Waals surface area contributed by atoms with Crippen LogP contribution in [-0.4, -0.2) is 8.32 Å². The van der Waals surface area contributed by atoms with Crippen molar-refractivity contribution in [3.05, 3.63) is 6.61 Å². The maximum atomic E-state index is 5.69. The summed E-state index contributed by atoms with van der Waals surface area (Å²) in [7, 11) is -1.27. The Labute approximate surface area is 84.2 Å². The molecule has 62 valence electrons. The second-order valence-electron chi connectivity index (χ2n) is 2.60. The average molecular weight is 166 g/mol. The topological polar surface area (TPSA) is 9.23 Å². The van der Waals surface area contributed by atoms with Gasteiger partial charge in [-0.15, -0.1) is 0 Å². The Morgan fingerprint density at radius 3 is 1.55 bits per heavy atom. The molecule has 1 nitrogen and oxygen atoms in total. The first kappa shape index (κ1) is 14.3. The molecule has 0 aromatic carbocycles. The molecule has 0 aliphatic carbocycles. The van der Waals surface area contributed by atoms with E-state index in [4.69, 9.17) is 4.43 Å². The van der Waals surface area contributed by atoms with Crippen LogP contribution in [0.5, 0.6) is 0 Å². The standard InChI is InChI=1S/C8H19OSi.Li/c1-5-9-10(6-2,7-3)8-4;/h5H,6-8H2,1-4H3;/q-1;+1. The minimum Gasteiger partial charge on any atom is -0.592 e. The zero-order valence-corrected chi connectivity index (χ0v) is 9.61. The third kappa shape index (κ3) is 4.37. The summed E-state index contributed by atoms with van der Waals surface area (Å²) in [5.74, 6) is 0. The van der Waals surface area contributed by atoms with Gasteiger partial charge >= 0.3 is 18.9 Å². The summed E-state index contributed by atoms with van der Waals surface area (Å²) in [6.07, 6.45) is 0. The number of hydrogen-bond donors (Lipinski definition) is 0. The van der Waals surface area contributed by atoms with Gasteiger partial charge in [0.15, 0.2) is 8.32 Å². The van der Waals surface area contributed by atoms with E-state index < -0.39 is 8.32 Å². The molecule has 0 unspecified atom stereocenters. The molecule has 0 fully saturated rings. The maximum absolute atomic E-state index is 5.69. The van der Waals surface area contributed by atoms with Crippen molar-refractivity contribution in [3.8, 4) is 0 Å². The minimum absolute atomic E-state index is 0. The van der Waals surface area contributed by atoms with E-state index in [9.17, 15) is 0 Å². The van der Waals surface area contributed by atoms with Gasteiger partial charge in [0.05, 0.1) is 0 Å². The number of hydrogen-bond acceptors (Lipinski definition) is 1. The molecule has 0 aliphatic rings. The van der Waals surface area contributed by atoms with Crippen LogP contribution in [0.2, 0.25) is 18.1 Å². The van der Waals surface area contributed by atoms with Crippen molar-refractivity contribution in [2.24, 2.45) is 0 Å². The van der Waals surface area contributed by atoms with Gasteiger partial charge in [-0.3, -0.25) is 0 Å². The van der Waals surface area contributed by atoms with E-state index in [-0.39, 0.29) is 18.9 Å². The van der Waals surface area contributed by atoms with Crippen molar-refractivity contribution in [1.82, 2.24) is 0 Å². The van der Waals surface area contributed by atoms with E-state index in [0.29, 0.717) is 0 Å². The third-order valence-electron chi connectivity index (χ3n) is 2.30. The first-order valence-electron chi connectivity index (χ1n) is 4.20. The Hall–Kier alpha value is 0.774. The van der Waals surface area contributed by atoms with Crippen LogP contribution in [0.15, 0.2) is 0 Å². The van der Waals surface area contributed by atoms with Gasteiger partial charge < -0.3 is 4.43 Å². The molecule has 0 N–H and O–H groups in total. The molecule has 0 rings (SSSR count). The smallest absolute Gasteiger partial charge is 0.592 e. The van der Waals surface area contributed by atoms with E-state index in [1.54, 1.807) is 0 Å². The minimum atomic E-state index is -1.27. The summed E-state index contributed by atoms with van der Waals surface area (Å²) in [4.78, 5) is 0. The second kappa shape index (κ2) is 7.42. The zero-order valence-electron chi connectivity index (χ0n) is 8.61. The van der Waals surface area contributed by atoms with Crippen molar-refractivity contribution in [2.75, 3.05) is 0 Å². The van der Waals surface area contributed by atoms with Crippen LogP contribution in [0, 0.1) is 6.61 Å². The molecule has 0 amide bonds. The van der Waals surface area contributed by atoms with Gasteiger partial charge in [0.1, 0.15) is 0 Å². The molecule has 0 saturated carbocycles. The van der Waals surface area contributed by atoms with Crippen molar-refractivity contribution in [1.29, 1.82) is 0 Å². The maximum Gasteiger partial charge on any atom is 1.00 e. The van der Waals surface area contributed by atoms with E-state index in [0.717, 1.165) is 0 Å². The fourth-order valence-electron chi connectivity index (χ4n) is 1.25. The molecule has 3 heteroatoms. The van der Waals surface area contributed by atoms with Crippen LogP contribution in [0.25, 0.3) is 0 Å². The Balaban J connectivity index is 0. The molecule has 0 atom stereocenters. The molecule has 0 radical (unpaired) electrons. The van der Waals surface area contributed by atoms with Crippen LogP contribution in [0.1, 0.15) is 27.7 Å². The van der Waals surface area contributed by atoms with Gasteiger partial charge in [-0.2, -0.15) is 6.92 Å². The van der Waals surface area contributed by atoms with Gasteiger partial charge in [-0.1, -0.05) is 20.8 Å². The van der Waals surface area contributed by atoms with Gasteiger partial charge in [-0.25, -0.2) is 6.61 Å². The summed E-state index contributed by atoms with van der Waals surface area (Å²) >= 11 is 0. The van der Waals surface area contributed by atoms with Crippen molar-refractivity contribution in [2.45, 2.75) is 45.8 Å². The molecule has 0 spiro atoms. The first-order valence-corrected chi connectivity index (χ1v) is 6.73. The molecule has 0 saturated heterocycles. The predicted molar refractivity (Wildman–Crippen MR) is 48.3 cm³/mol. The molecule has 0 aromatic rings. The summed E-state index contributed by atoms with van der Waals surface area (Å²) in [6, 6.07) is 3.72. The van der Waals surface area contributed by atoms with E-state index in [1.165, 1.54) is 18.1 Å². The summed E-state index contributed by atoms with van der Waals surface area (Å²) in [6.45, 7) is 10.6. The quantitative estimate of drug-likeness (QED) is 0.418. The van der Waals surface area contributed by atoms with Gasteiger partial charge in [0, 0.05) is 0 Å². The molecule has 11 heavy (non-hydrogen) atoms. The predicted octanol–water partition coefficient (Wildman–Crippen LogP) is 0.194. The Morgan fingerprint density at radius 2 is 1.45 bits per heavy atom. The normalized spacial score (nSPS) is 10.9. The molecule has 0 aliphatic heterocycles. The van der Waals surface area contributed by atoms with Crippen LogP contribution < -0.4 is 18.9 Å². The van der Waals surface area contributed by atoms with Gasteiger partial charge in [0.2, 0.25) is 0 Å². The molecule has 0 aromatic heterocycles. The molecular formula is C8H19LiOSi. The Morgan fingerprint density at radius 1 is 1.09 bits per heavy atom. The number of rotatable bonds is 5. The van der Waals surface area contributed by atoms with Crippen LogP contribution in [0.3, 0.4) is 0 Å². The Bertz CT molecular complexity index is 75.9. The van der Waals surface area contributed by atoms with Crippen LogP contribution in [-0.2, 0) is 4.43 Å². The summed E-state index contributed by atoms with van der Waals surface area (Å²) in [5.41, 5.74) is 0. The van der Waals surface area contributed by atoms with Crippen LogP contribution >= 0.6 is 0 Å². The van der Waals surface area contributed by atoms with Gasteiger partial charge in [0.25, 0.3) is 0 Å². The van der Waals surface area contributed by atoms with E-state index >= 15 is 0 Å². The zero-order chi connectivity index (χ0) is 8.04. The fourth-order valence-corrected chi connectivity index (χ4v) is 3.75. The van der Waals surface area contributed by atoms with E-state index in [1.807, 2.05) is 13.5 Å². The molecule has 0 bridgehead atoms.